The summed E-state index contributed by atoms with van der Waals surface area (Å²) in [5, 5.41) is 0. The van der Waals surface area contributed by atoms with E-state index in [0.717, 1.165) is 11.6 Å². The minimum atomic E-state index is -4.60. The van der Waals surface area contributed by atoms with Crippen molar-refractivity contribution in [2.75, 3.05) is 13.6 Å². The Morgan fingerprint density at radius 1 is 1.04 bits per heavy atom. The first-order valence-corrected chi connectivity index (χ1v) is 8.98. The monoisotopic (exact) mass is 403 g/mol. The summed E-state index contributed by atoms with van der Waals surface area (Å²) >= 11 is 0. The van der Waals surface area contributed by atoms with Crippen molar-refractivity contribution in [3.63, 3.8) is 0 Å². The number of ether oxygens (including phenoxy) is 1. The number of nitrogens with zero attached hydrogens (tertiary/aromatic N) is 1. The van der Waals surface area contributed by atoms with Gasteiger partial charge in [-0.25, -0.2) is 0 Å². The average Bonchev–Trinajstić information content (AvgIpc) is 2.80. The lowest BCUT2D eigenvalue weighted by molar-refractivity contribution is -0.274. The lowest BCUT2D eigenvalue weighted by Gasteiger charge is -2.39. The van der Waals surface area contributed by atoms with Crippen molar-refractivity contribution in [3.8, 4) is 5.75 Å². The van der Waals surface area contributed by atoms with E-state index in [-0.39, 0.29) is 5.75 Å². The van der Waals surface area contributed by atoms with Gasteiger partial charge in [-0.3, -0.25) is 0 Å². The standard InChI is InChI=1S/C11H21N.C8H7F3O.2CH2O/c1-10(2)5-9-6-11(3,7-10)8-12(9)4;1-6-2-4-7(5-3-6)12-8(9,10)11;2*1-2/h9H,5-8H2,1-4H3;2-5H,1H3;2*1H2. The minimum Gasteiger partial charge on any atom is -0.406 e. The summed E-state index contributed by atoms with van der Waals surface area (Å²) in [6.45, 7) is 14.4. The zero-order valence-electron chi connectivity index (χ0n) is 17.4. The first kappa shape index (κ1) is 26.1. The Labute approximate surface area is 166 Å². The summed E-state index contributed by atoms with van der Waals surface area (Å²) < 4.78 is 38.5. The molecule has 1 saturated carbocycles. The number of benzene rings is 1. The molecule has 1 aromatic rings. The van der Waals surface area contributed by atoms with Gasteiger partial charge in [0.25, 0.3) is 0 Å². The summed E-state index contributed by atoms with van der Waals surface area (Å²) in [6.07, 6.45) is -0.345. The zero-order chi connectivity index (χ0) is 22.2. The number of rotatable bonds is 1. The molecule has 1 aromatic carbocycles. The van der Waals surface area contributed by atoms with Crippen LogP contribution in [0.2, 0.25) is 0 Å². The summed E-state index contributed by atoms with van der Waals surface area (Å²) in [7, 11) is 2.29. The third kappa shape index (κ3) is 8.87. The van der Waals surface area contributed by atoms with Crippen LogP contribution in [0.1, 0.15) is 45.6 Å². The predicted molar refractivity (Wildman–Crippen MR) is 104 cm³/mol. The van der Waals surface area contributed by atoms with E-state index in [0.29, 0.717) is 10.8 Å². The van der Waals surface area contributed by atoms with Crippen molar-refractivity contribution in [1.82, 2.24) is 4.90 Å². The van der Waals surface area contributed by atoms with Crippen LogP contribution in [0, 0.1) is 17.8 Å². The first-order valence-electron chi connectivity index (χ1n) is 8.98. The number of alkyl halides is 3. The number of likely N-dealkylation sites (tertiary alicyclic amines) is 1. The van der Waals surface area contributed by atoms with Gasteiger partial charge in [-0.05, 0) is 56.2 Å². The molecule has 2 atom stereocenters. The van der Waals surface area contributed by atoms with E-state index in [2.05, 4.69) is 37.5 Å². The number of hydrogen-bond donors (Lipinski definition) is 0. The van der Waals surface area contributed by atoms with E-state index < -0.39 is 6.36 Å². The molecule has 3 rings (SSSR count). The largest absolute Gasteiger partial charge is 0.573 e. The number of carbonyl (C=O) groups excluding carboxylic acids is 2. The van der Waals surface area contributed by atoms with Crippen LogP contribution < -0.4 is 4.74 Å². The summed E-state index contributed by atoms with van der Waals surface area (Å²) in [6, 6.07) is 6.55. The van der Waals surface area contributed by atoms with Crippen LogP contribution in [0.3, 0.4) is 0 Å². The fourth-order valence-corrected chi connectivity index (χ4v) is 4.48. The summed E-state index contributed by atoms with van der Waals surface area (Å²) in [5.41, 5.74) is 2.10. The van der Waals surface area contributed by atoms with Gasteiger partial charge in [0.2, 0.25) is 0 Å². The van der Waals surface area contributed by atoms with Crippen molar-refractivity contribution in [2.45, 2.75) is 59.4 Å². The maximum Gasteiger partial charge on any atom is 0.573 e. The second kappa shape index (κ2) is 10.6. The Hall–Kier alpha value is -1.89. The highest BCUT2D eigenvalue weighted by molar-refractivity contribution is 5.26. The van der Waals surface area contributed by atoms with E-state index in [4.69, 9.17) is 9.59 Å². The SMILES string of the molecule is C=O.C=O.CN1CC2(C)CC1CC(C)(C)C2.Cc1ccc(OC(F)(F)F)cc1. The Morgan fingerprint density at radius 3 is 1.96 bits per heavy atom. The van der Waals surface area contributed by atoms with Crippen molar-refractivity contribution in [3.05, 3.63) is 29.8 Å². The number of hydrogen-bond acceptors (Lipinski definition) is 4. The molecule has 0 radical (unpaired) electrons. The van der Waals surface area contributed by atoms with E-state index in [1.165, 1.54) is 37.9 Å². The number of carbonyl (C=O) groups is 2. The Bertz CT molecular complexity index is 584. The molecule has 2 aliphatic rings. The smallest absolute Gasteiger partial charge is 0.406 e. The Balaban J connectivity index is 0.000000443. The fraction of sp³-hybridized carbons (Fsp3) is 0.619. The maximum atomic E-state index is 11.6. The maximum absolute atomic E-state index is 11.6. The number of fused-ring (bicyclic) bond motifs is 2. The highest BCUT2D eigenvalue weighted by Gasteiger charge is 2.48. The molecule has 1 aliphatic carbocycles. The van der Waals surface area contributed by atoms with E-state index in [1.807, 2.05) is 13.6 Å². The molecule has 2 fully saturated rings. The molecule has 0 amide bonds. The van der Waals surface area contributed by atoms with Crippen LogP contribution in [0.4, 0.5) is 13.2 Å². The predicted octanol–water partition coefficient (Wildman–Crippen LogP) is 5.04. The van der Waals surface area contributed by atoms with Crippen LogP contribution in [0.25, 0.3) is 0 Å². The molecule has 160 valence electrons. The molecular formula is C21H32F3NO3. The topological polar surface area (TPSA) is 46.6 Å². The van der Waals surface area contributed by atoms with Gasteiger partial charge in [0.05, 0.1) is 0 Å². The van der Waals surface area contributed by atoms with Crippen LogP contribution in [-0.2, 0) is 9.59 Å². The molecule has 0 spiro atoms. The summed E-state index contributed by atoms with van der Waals surface area (Å²) in [5.74, 6) is -0.187. The second-order valence-corrected chi connectivity index (χ2v) is 8.49. The van der Waals surface area contributed by atoms with Gasteiger partial charge in [-0.1, -0.05) is 38.5 Å². The van der Waals surface area contributed by atoms with Gasteiger partial charge >= 0.3 is 6.36 Å². The van der Waals surface area contributed by atoms with Gasteiger partial charge in [0, 0.05) is 12.6 Å². The van der Waals surface area contributed by atoms with Gasteiger partial charge in [0.15, 0.2) is 0 Å². The molecule has 2 unspecified atom stereocenters. The number of halogens is 3. The minimum absolute atomic E-state index is 0.187. The molecule has 28 heavy (non-hydrogen) atoms. The highest BCUT2D eigenvalue weighted by atomic mass is 19.4. The van der Waals surface area contributed by atoms with Crippen molar-refractivity contribution < 1.29 is 27.5 Å². The fourth-order valence-electron chi connectivity index (χ4n) is 4.48. The molecule has 2 bridgehead atoms. The molecule has 4 nitrogen and oxygen atoms in total. The van der Waals surface area contributed by atoms with Crippen molar-refractivity contribution in [2.24, 2.45) is 10.8 Å². The lowest BCUT2D eigenvalue weighted by Crippen LogP contribution is -2.33. The van der Waals surface area contributed by atoms with Gasteiger partial charge < -0.3 is 19.2 Å². The average molecular weight is 403 g/mol. The lowest BCUT2D eigenvalue weighted by atomic mass is 9.65. The molecule has 0 N–H and O–H groups in total. The molecule has 1 saturated heterocycles. The first-order chi connectivity index (χ1) is 12.9. The van der Waals surface area contributed by atoms with Gasteiger partial charge in [-0.15, -0.1) is 13.2 Å². The van der Waals surface area contributed by atoms with E-state index in [1.54, 1.807) is 19.1 Å². The van der Waals surface area contributed by atoms with Gasteiger partial charge in [0.1, 0.15) is 19.3 Å². The molecule has 1 heterocycles. The van der Waals surface area contributed by atoms with E-state index >= 15 is 0 Å². The molecule has 1 aliphatic heterocycles. The number of aryl methyl sites for hydroxylation is 1. The van der Waals surface area contributed by atoms with Crippen LogP contribution in [0.5, 0.6) is 5.75 Å². The molecular weight excluding hydrogens is 371 g/mol. The third-order valence-corrected chi connectivity index (χ3v) is 4.93. The summed E-state index contributed by atoms with van der Waals surface area (Å²) in [4.78, 5) is 18.6. The van der Waals surface area contributed by atoms with E-state index in [9.17, 15) is 13.2 Å². The highest BCUT2D eigenvalue weighted by Crippen LogP contribution is 2.51. The Morgan fingerprint density at radius 2 is 1.54 bits per heavy atom. The van der Waals surface area contributed by atoms with Crippen LogP contribution >= 0.6 is 0 Å². The normalized spacial score (nSPS) is 25.1. The van der Waals surface area contributed by atoms with Crippen molar-refractivity contribution in [1.29, 1.82) is 0 Å². The third-order valence-electron chi connectivity index (χ3n) is 4.93. The quantitative estimate of drug-likeness (QED) is 0.659. The Kier molecular flexibility index (Phi) is 9.88. The van der Waals surface area contributed by atoms with Gasteiger partial charge in [-0.2, -0.15) is 0 Å². The molecule has 7 heteroatoms. The van der Waals surface area contributed by atoms with Crippen LogP contribution in [0.15, 0.2) is 24.3 Å². The second-order valence-electron chi connectivity index (χ2n) is 8.49. The molecule has 0 aromatic heterocycles. The zero-order valence-corrected chi connectivity index (χ0v) is 17.4. The van der Waals surface area contributed by atoms with Crippen molar-refractivity contribution >= 4 is 13.6 Å². The van der Waals surface area contributed by atoms with Crippen LogP contribution in [-0.4, -0.2) is 44.5 Å².